The lowest BCUT2D eigenvalue weighted by atomic mass is 10.0. The van der Waals surface area contributed by atoms with E-state index in [2.05, 4.69) is 20.9 Å². The summed E-state index contributed by atoms with van der Waals surface area (Å²) in [5.74, 6) is -0.370. The molecular formula is C12H10BrFN2. The van der Waals surface area contributed by atoms with Gasteiger partial charge >= 0.3 is 0 Å². The second kappa shape index (κ2) is 4.72. The molecule has 2 rings (SSSR count). The van der Waals surface area contributed by atoms with E-state index in [0.717, 1.165) is 16.2 Å². The fourth-order valence-corrected chi connectivity index (χ4v) is 1.73. The van der Waals surface area contributed by atoms with Crippen molar-refractivity contribution in [1.82, 2.24) is 4.98 Å². The molecule has 0 spiro atoms. The van der Waals surface area contributed by atoms with Crippen LogP contribution in [-0.2, 0) is 0 Å². The van der Waals surface area contributed by atoms with Crippen LogP contribution in [0.4, 0.5) is 4.39 Å². The molecule has 2 N–H and O–H groups in total. The largest absolute Gasteiger partial charge is 0.320 e. The Kier molecular flexibility index (Phi) is 3.31. The Morgan fingerprint density at radius 3 is 2.44 bits per heavy atom. The van der Waals surface area contributed by atoms with Gasteiger partial charge < -0.3 is 5.73 Å². The van der Waals surface area contributed by atoms with E-state index in [1.807, 2.05) is 24.3 Å². The monoisotopic (exact) mass is 280 g/mol. The summed E-state index contributed by atoms with van der Waals surface area (Å²) in [6, 6.07) is 8.67. The molecule has 0 fully saturated rings. The fraction of sp³-hybridized carbons (Fsp3) is 0.0833. The highest BCUT2D eigenvalue weighted by Gasteiger charge is 2.09. The molecule has 0 aliphatic heterocycles. The first-order valence-corrected chi connectivity index (χ1v) is 5.57. The molecule has 2 aromatic rings. The number of pyridine rings is 1. The minimum Gasteiger partial charge on any atom is -0.320 e. The molecule has 0 bridgehead atoms. The Morgan fingerprint density at radius 2 is 1.81 bits per heavy atom. The quantitative estimate of drug-likeness (QED) is 0.919. The summed E-state index contributed by atoms with van der Waals surface area (Å²) >= 11 is 3.35. The summed E-state index contributed by atoms with van der Waals surface area (Å²) in [4.78, 5) is 3.78. The molecule has 0 saturated heterocycles. The first kappa shape index (κ1) is 11.2. The van der Waals surface area contributed by atoms with Gasteiger partial charge in [-0.3, -0.25) is 4.98 Å². The average Bonchev–Trinajstić information content (AvgIpc) is 2.29. The van der Waals surface area contributed by atoms with E-state index >= 15 is 0 Å². The molecule has 1 aromatic carbocycles. The Bertz CT molecular complexity index is 485. The number of nitrogens with two attached hydrogens (primary N) is 1. The Morgan fingerprint density at radius 1 is 1.12 bits per heavy atom. The van der Waals surface area contributed by atoms with Gasteiger partial charge in [0.15, 0.2) is 0 Å². The Balaban J connectivity index is 2.31. The van der Waals surface area contributed by atoms with Crippen molar-refractivity contribution >= 4 is 15.9 Å². The molecule has 2 nitrogen and oxygen atoms in total. The molecule has 0 radical (unpaired) electrons. The van der Waals surface area contributed by atoms with Crippen LogP contribution >= 0.6 is 15.9 Å². The predicted octanol–water partition coefficient (Wildman–Crippen LogP) is 3.03. The molecule has 82 valence electrons. The predicted molar refractivity (Wildman–Crippen MR) is 64.4 cm³/mol. The van der Waals surface area contributed by atoms with Crippen molar-refractivity contribution in [2.45, 2.75) is 6.04 Å². The molecule has 16 heavy (non-hydrogen) atoms. The smallest absolute Gasteiger partial charge is 0.141 e. The Labute approximate surface area is 101 Å². The van der Waals surface area contributed by atoms with Crippen molar-refractivity contribution in [2.75, 3.05) is 0 Å². The van der Waals surface area contributed by atoms with Crippen LogP contribution in [0.5, 0.6) is 0 Å². The average molecular weight is 281 g/mol. The molecule has 0 aliphatic rings. The van der Waals surface area contributed by atoms with Crippen molar-refractivity contribution in [1.29, 1.82) is 0 Å². The maximum Gasteiger partial charge on any atom is 0.141 e. The summed E-state index contributed by atoms with van der Waals surface area (Å²) in [5.41, 5.74) is 7.61. The molecule has 0 amide bonds. The van der Waals surface area contributed by atoms with Crippen molar-refractivity contribution < 1.29 is 4.39 Å². The van der Waals surface area contributed by atoms with Gasteiger partial charge in [-0.1, -0.05) is 28.1 Å². The van der Waals surface area contributed by atoms with Gasteiger partial charge in [-0.2, -0.15) is 0 Å². The third-order valence-electron chi connectivity index (χ3n) is 2.31. The van der Waals surface area contributed by atoms with Crippen molar-refractivity contribution in [2.24, 2.45) is 5.73 Å². The first-order valence-electron chi connectivity index (χ1n) is 4.78. The molecule has 0 saturated carbocycles. The highest BCUT2D eigenvalue weighted by molar-refractivity contribution is 9.10. The molecule has 1 aromatic heterocycles. The topological polar surface area (TPSA) is 38.9 Å². The zero-order chi connectivity index (χ0) is 11.5. The number of benzene rings is 1. The van der Waals surface area contributed by atoms with Crippen molar-refractivity contribution in [3.05, 3.63) is 64.1 Å². The van der Waals surface area contributed by atoms with Gasteiger partial charge in [0.2, 0.25) is 0 Å². The number of hydrogen-bond acceptors (Lipinski definition) is 2. The van der Waals surface area contributed by atoms with Gasteiger partial charge in [-0.25, -0.2) is 4.39 Å². The minimum atomic E-state index is -0.370. The molecule has 1 heterocycles. The number of aromatic nitrogens is 1. The van der Waals surface area contributed by atoms with Crippen molar-refractivity contribution in [3.63, 3.8) is 0 Å². The van der Waals surface area contributed by atoms with E-state index < -0.39 is 0 Å². The van der Waals surface area contributed by atoms with Crippen LogP contribution in [0, 0.1) is 5.82 Å². The zero-order valence-corrected chi connectivity index (χ0v) is 9.99. The van der Waals surface area contributed by atoms with Gasteiger partial charge in [0.1, 0.15) is 5.82 Å². The first-order chi connectivity index (χ1) is 7.66. The van der Waals surface area contributed by atoms with E-state index in [9.17, 15) is 4.39 Å². The molecule has 4 heteroatoms. The van der Waals surface area contributed by atoms with Crippen LogP contribution < -0.4 is 5.73 Å². The normalized spacial score (nSPS) is 12.4. The number of halogens is 2. The number of hydrogen-bond donors (Lipinski definition) is 1. The lowest BCUT2D eigenvalue weighted by Crippen LogP contribution is -2.12. The van der Waals surface area contributed by atoms with Crippen LogP contribution in [0.1, 0.15) is 17.2 Å². The second-order valence-corrected chi connectivity index (χ2v) is 4.38. The third-order valence-corrected chi connectivity index (χ3v) is 2.84. The lowest BCUT2D eigenvalue weighted by molar-refractivity contribution is 0.616. The summed E-state index contributed by atoms with van der Waals surface area (Å²) in [5, 5.41) is 0. The van der Waals surface area contributed by atoms with Gasteiger partial charge in [-0.15, -0.1) is 0 Å². The molecular weight excluding hydrogens is 271 g/mol. The molecule has 1 atom stereocenters. The van der Waals surface area contributed by atoms with Crippen LogP contribution in [0.15, 0.2) is 47.2 Å². The van der Waals surface area contributed by atoms with Crippen LogP contribution in [-0.4, -0.2) is 4.98 Å². The summed E-state index contributed by atoms with van der Waals surface area (Å²) in [7, 11) is 0. The van der Waals surface area contributed by atoms with E-state index in [1.54, 1.807) is 6.20 Å². The lowest BCUT2D eigenvalue weighted by Gasteiger charge is -2.12. The highest BCUT2D eigenvalue weighted by atomic mass is 79.9. The SMILES string of the molecule is NC(c1ccc(Br)cc1)c1cncc(F)c1. The highest BCUT2D eigenvalue weighted by Crippen LogP contribution is 2.21. The van der Waals surface area contributed by atoms with E-state index in [-0.39, 0.29) is 11.9 Å². The van der Waals surface area contributed by atoms with E-state index in [4.69, 9.17) is 5.73 Å². The van der Waals surface area contributed by atoms with Crippen LogP contribution in [0.25, 0.3) is 0 Å². The summed E-state index contributed by atoms with van der Waals surface area (Å²) in [6.45, 7) is 0. The molecule has 1 unspecified atom stereocenters. The summed E-state index contributed by atoms with van der Waals surface area (Å²) in [6.07, 6.45) is 2.74. The standard InChI is InChI=1S/C12H10BrFN2/c13-10-3-1-8(2-4-10)12(15)9-5-11(14)7-16-6-9/h1-7,12H,15H2. The Hall–Kier alpha value is -1.26. The zero-order valence-electron chi connectivity index (χ0n) is 8.40. The maximum atomic E-state index is 13.0. The van der Waals surface area contributed by atoms with E-state index in [1.165, 1.54) is 6.07 Å². The molecule has 0 aliphatic carbocycles. The van der Waals surface area contributed by atoms with Gasteiger partial charge in [0, 0.05) is 10.7 Å². The number of rotatable bonds is 2. The second-order valence-electron chi connectivity index (χ2n) is 3.47. The third kappa shape index (κ3) is 2.46. The number of nitrogens with zero attached hydrogens (tertiary/aromatic N) is 1. The van der Waals surface area contributed by atoms with Gasteiger partial charge in [0.05, 0.1) is 12.2 Å². The van der Waals surface area contributed by atoms with Crippen LogP contribution in [0.2, 0.25) is 0 Å². The van der Waals surface area contributed by atoms with Crippen LogP contribution in [0.3, 0.4) is 0 Å². The van der Waals surface area contributed by atoms with E-state index in [0.29, 0.717) is 5.56 Å². The van der Waals surface area contributed by atoms with Gasteiger partial charge in [0.25, 0.3) is 0 Å². The minimum absolute atomic E-state index is 0.351. The maximum absolute atomic E-state index is 13.0. The van der Waals surface area contributed by atoms with Crippen molar-refractivity contribution in [3.8, 4) is 0 Å². The van der Waals surface area contributed by atoms with Gasteiger partial charge in [-0.05, 0) is 29.3 Å². The summed E-state index contributed by atoms with van der Waals surface area (Å²) < 4.78 is 14.0. The fourth-order valence-electron chi connectivity index (χ4n) is 1.46.